The number of fused-ring (bicyclic) bond motifs is 1. The van der Waals surface area contributed by atoms with E-state index in [4.69, 9.17) is 0 Å². The van der Waals surface area contributed by atoms with Gasteiger partial charge in [-0.1, -0.05) is 12.8 Å². The van der Waals surface area contributed by atoms with Gasteiger partial charge in [0.05, 0.1) is 17.9 Å². The molecule has 1 aliphatic rings. The van der Waals surface area contributed by atoms with E-state index in [9.17, 15) is 0 Å². The summed E-state index contributed by atoms with van der Waals surface area (Å²) in [5, 5.41) is 7.74. The van der Waals surface area contributed by atoms with Crippen molar-refractivity contribution in [3.8, 4) is 0 Å². The average molecular weight is 216 g/mol. The molecule has 0 radical (unpaired) electrons. The third kappa shape index (κ3) is 1.69. The number of rotatable bonds is 4. The van der Waals surface area contributed by atoms with Crippen LogP contribution in [0.15, 0.2) is 24.8 Å². The summed E-state index contributed by atoms with van der Waals surface area (Å²) < 4.78 is 1.89. The molecule has 0 spiro atoms. The number of hydrogen-bond acceptors (Lipinski definition) is 3. The van der Waals surface area contributed by atoms with E-state index in [0.717, 1.165) is 11.4 Å². The first-order valence-corrected chi connectivity index (χ1v) is 5.83. The van der Waals surface area contributed by atoms with Crippen molar-refractivity contribution >= 4 is 5.52 Å². The summed E-state index contributed by atoms with van der Waals surface area (Å²) in [4.78, 5) is 4.17. The normalized spacial score (nSPS) is 17.8. The topological polar surface area (TPSA) is 42.2 Å². The first kappa shape index (κ1) is 9.78. The molecule has 4 heteroatoms. The highest BCUT2D eigenvalue weighted by atomic mass is 15.2. The summed E-state index contributed by atoms with van der Waals surface area (Å²) in [6.45, 7) is 0. The monoisotopic (exact) mass is 216 g/mol. The quantitative estimate of drug-likeness (QED) is 0.847. The Balaban J connectivity index is 1.95. The zero-order chi connectivity index (χ0) is 11.0. The molecule has 1 unspecified atom stereocenters. The van der Waals surface area contributed by atoms with Gasteiger partial charge in [-0.25, -0.2) is 4.52 Å². The Hall–Kier alpha value is -1.42. The molecule has 0 saturated heterocycles. The lowest BCUT2D eigenvalue weighted by atomic mass is 10.0. The van der Waals surface area contributed by atoms with Gasteiger partial charge in [-0.3, -0.25) is 4.98 Å². The second-order valence-corrected chi connectivity index (χ2v) is 4.53. The fourth-order valence-corrected chi connectivity index (χ4v) is 2.21. The van der Waals surface area contributed by atoms with Crippen molar-refractivity contribution in [3.63, 3.8) is 0 Å². The lowest BCUT2D eigenvalue weighted by molar-refractivity contribution is 0.517. The number of hydrogen-bond donors (Lipinski definition) is 1. The molecule has 3 rings (SSSR count). The fourth-order valence-electron chi connectivity index (χ4n) is 2.21. The maximum atomic E-state index is 4.35. The van der Waals surface area contributed by atoms with Gasteiger partial charge in [-0.15, -0.1) is 0 Å². The molecule has 0 aromatic carbocycles. The van der Waals surface area contributed by atoms with Gasteiger partial charge in [0.2, 0.25) is 0 Å². The maximum Gasteiger partial charge on any atom is 0.0892 e. The predicted octanol–water partition coefficient (Wildman–Crippen LogP) is 1.79. The Labute approximate surface area is 94.7 Å². The van der Waals surface area contributed by atoms with Gasteiger partial charge in [0.25, 0.3) is 0 Å². The summed E-state index contributed by atoms with van der Waals surface area (Å²) >= 11 is 0. The van der Waals surface area contributed by atoms with E-state index in [1.165, 1.54) is 24.8 Å². The highest BCUT2D eigenvalue weighted by molar-refractivity contribution is 5.53. The van der Waals surface area contributed by atoms with Crippen molar-refractivity contribution in [1.29, 1.82) is 0 Å². The zero-order valence-corrected chi connectivity index (χ0v) is 9.43. The van der Waals surface area contributed by atoms with Crippen molar-refractivity contribution in [1.82, 2.24) is 19.9 Å². The maximum absolute atomic E-state index is 4.35. The van der Waals surface area contributed by atoms with Crippen LogP contribution in [-0.4, -0.2) is 21.6 Å². The molecule has 16 heavy (non-hydrogen) atoms. The molecule has 1 aliphatic carbocycles. The van der Waals surface area contributed by atoms with Crippen molar-refractivity contribution in [3.05, 3.63) is 30.4 Å². The van der Waals surface area contributed by atoms with Crippen LogP contribution in [0.4, 0.5) is 0 Å². The Morgan fingerprint density at radius 3 is 3.12 bits per heavy atom. The van der Waals surface area contributed by atoms with E-state index in [1.54, 1.807) is 6.20 Å². The van der Waals surface area contributed by atoms with Gasteiger partial charge in [0.15, 0.2) is 0 Å². The average Bonchev–Trinajstić information content (AvgIpc) is 3.04. The molecule has 2 aromatic rings. The van der Waals surface area contributed by atoms with E-state index in [2.05, 4.69) is 15.4 Å². The minimum absolute atomic E-state index is 0.411. The van der Waals surface area contributed by atoms with Crippen LogP contribution in [0.25, 0.3) is 5.52 Å². The van der Waals surface area contributed by atoms with Crippen LogP contribution in [0.1, 0.15) is 30.9 Å². The SMILES string of the molecule is CNC(CC1CC1)c1cnn2ccncc12. The molecule has 1 atom stereocenters. The van der Waals surface area contributed by atoms with Gasteiger partial charge in [0, 0.05) is 24.0 Å². The highest BCUT2D eigenvalue weighted by Crippen LogP contribution is 2.38. The minimum atomic E-state index is 0.411. The van der Waals surface area contributed by atoms with E-state index < -0.39 is 0 Å². The summed E-state index contributed by atoms with van der Waals surface area (Å²) in [5.74, 6) is 0.907. The van der Waals surface area contributed by atoms with Gasteiger partial charge in [0.1, 0.15) is 0 Å². The molecular formula is C12H16N4. The standard InChI is InChI=1S/C12H16N4/c1-13-11(6-9-2-3-9)10-7-15-16-5-4-14-8-12(10)16/h4-5,7-9,11,13H,2-3,6H2,1H3. The number of nitrogens with one attached hydrogen (secondary N) is 1. The first-order valence-electron chi connectivity index (χ1n) is 5.83. The highest BCUT2D eigenvalue weighted by Gasteiger charge is 2.26. The Kier molecular flexibility index (Phi) is 2.36. The van der Waals surface area contributed by atoms with E-state index in [1.807, 2.05) is 30.2 Å². The third-order valence-electron chi connectivity index (χ3n) is 3.34. The molecular weight excluding hydrogens is 200 g/mol. The predicted molar refractivity (Wildman–Crippen MR) is 62.1 cm³/mol. The van der Waals surface area contributed by atoms with Crippen LogP contribution in [0.2, 0.25) is 0 Å². The van der Waals surface area contributed by atoms with Crippen LogP contribution >= 0.6 is 0 Å². The number of aromatic nitrogens is 3. The molecule has 1 saturated carbocycles. The lowest BCUT2D eigenvalue weighted by Crippen LogP contribution is -2.16. The Morgan fingerprint density at radius 2 is 2.38 bits per heavy atom. The van der Waals surface area contributed by atoms with Crippen LogP contribution in [0.5, 0.6) is 0 Å². The van der Waals surface area contributed by atoms with E-state index in [-0.39, 0.29) is 0 Å². The fraction of sp³-hybridized carbons (Fsp3) is 0.500. The van der Waals surface area contributed by atoms with Gasteiger partial charge in [-0.05, 0) is 19.4 Å². The molecule has 2 aromatic heterocycles. The van der Waals surface area contributed by atoms with Crippen molar-refractivity contribution < 1.29 is 0 Å². The first-order chi connectivity index (χ1) is 7.88. The van der Waals surface area contributed by atoms with Gasteiger partial charge < -0.3 is 5.32 Å². The molecule has 1 N–H and O–H groups in total. The van der Waals surface area contributed by atoms with E-state index in [0.29, 0.717) is 6.04 Å². The molecule has 84 valence electrons. The molecule has 0 aliphatic heterocycles. The zero-order valence-electron chi connectivity index (χ0n) is 9.43. The minimum Gasteiger partial charge on any atom is -0.313 e. The summed E-state index contributed by atoms with van der Waals surface area (Å²) in [7, 11) is 2.02. The van der Waals surface area contributed by atoms with Crippen molar-refractivity contribution in [2.24, 2.45) is 5.92 Å². The molecule has 4 nitrogen and oxygen atoms in total. The molecule has 0 amide bonds. The summed E-state index contributed by atoms with van der Waals surface area (Å²) in [5.41, 5.74) is 2.38. The molecule has 2 heterocycles. The second kappa shape index (κ2) is 3.87. The molecule has 0 bridgehead atoms. The van der Waals surface area contributed by atoms with Crippen LogP contribution in [0, 0.1) is 5.92 Å². The van der Waals surface area contributed by atoms with Crippen LogP contribution in [-0.2, 0) is 0 Å². The lowest BCUT2D eigenvalue weighted by Gasteiger charge is -2.14. The van der Waals surface area contributed by atoms with Gasteiger partial charge >= 0.3 is 0 Å². The Bertz CT molecular complexity index is 486. The van der Waals surface area contributed by atoms with Crippen molar-refractivity contribution in [2.75, 3.05) is 7.05 Å². The van der Waals surface area contributed by atoms with E-state index >= 15 is 0 Å². The third-order valence-corrected chi connectivity index (χ3v) is 3.34. The second-order valence-electron chi connectivity index (χ2n) is 4.53. The van der Waals surface area contributed by atoms with Crippen LogP contribution < -0.4 is 5.32 Å². The van der Waals surface area contributed by atoms with Gasteiger partial charge in [-0.2, -0.15) is 5.10 Å². The smallest absolute Gasteiger partial charge is 0.0892 e. The summed E-state index contributed by atoms with van der Waals surface area (Å²) in [6.07, 6.45) is 11.5. The summed E-state index contributed by atoms with van der Waals surface area (Å²) in [6, 6.07) is 0.411. The largest absolute Gasteiger partial charge is 0.313 e. The Morgan fingerprint density at radius 1 is 1.50 bits per heavy atom. The number of nitrogens with zero attached hydrogens (tertiary/aromatic N) is 3. The van der Waals surface area contributed by atoms with Crippen molar-refractivity contribution in [2.45, 2.75) is 25.3 Å². The van der Waals surface area contributed by atoms with Crippen LogP contribution in [0.3, 0.4) is 0 Å². The molecule has 1 fully saturated rings.